The zero-order valence-corrected chi connectivity index (χ0v) is 14.4. The molecule has 0 unspecified atom stereocenters. The van der Waals surface area contributed by atoms with Crippen LogP contribution >= 0.6 is 0 Å². The van der Waals surface area contributed by atoms with E-state index in [0.717, 1.165) is 17.2 Å². The highest BCUT2D eigenvalue weighted by molar-refractivity contribution is 6.21. The Labute approximate surface area is 151 Å². The van der Waals surface area contributed by atoms with Crippen LogP contribution in [0.1, 0.15) is 23.1 Å². The molecule has 0 aliphatic carbocycles. The minimum absolute atomic E-state index is 0.190. The molecule has 0 aromatic heterocycles. The number of carbonyl (C=O) groups excluding carboxylic acids is 2. The highest BCUT2D eigenvalue weighted by Crippen LogP contribution is 2.29. The second kappa shape index (κ2) is 7.35. The van der Waals surface area contributed by atoms with Crippen LogP contribution in [0.15, 0.2) is 54.6 Å². The van der Waals surface area contributed by atoms with Crippen LogP contribution in [0.2, 0.25) is 0 Å². The smallest absolute Gasteiger partial charge is 0.328 e. The fraction of sp³-hybridized carbons (Fsp3) is 0.190. The van der Waals surface area contributed by atoms with Crippen LogP contribution in [0.3, 0.4) is 0 Å². The summed E-state index contributed by atoms with van der Waals surface area (Å²) >= 11 is 0. The summed E-state index contributed by atoms with van der Waals surface area (Å²) in [5, 5.41) is 8.65. The number of hydrogen-bond donors (Lipinski definition) is 1. The number of carboxylic acid groups (broad SMARTS) is 1. The van der Waals surface area contributed by atoms with E-state index in [1.165, 1.54) is 11.0 Å². The first kappa shape index (κ1) is 17.6. The van der Waals surface area contributed by atoms with Crippen molar-refractivity contribution in [2.75, 3.05) is 4.90 Å². The van der Waals surface area contributed by atoms with Gasteiger partial charge in [-0.3, -0.25) is 14.5 Å². The predicted molar refractivity (Wildman–Crippen MR) is 98.6 cm³/mol. The molecule has 1 heterocycles. The molecular weight excluding hydrogens is 330 g/mol. The number of aliphatic carboxylic acids is 1. The predicted octanol–water partition coefficient (Wildman–Crippen LogP) is 3.22. The van der Waals surface area contributed by atoms with E-state index in [9.17, 15) is 14.4 Å². The van der Waals surface area contributed by atoms with Crippen molar-refractivity contribution in [1.29, 1.82) is 0 Å². The first-order valence-corrected chi connectivity index (χ1v) is 8.37. The summed E-state index contributed by atoms with van der Waals surface area (Å²) < 4.78 is 0. The molecule has 0 bridgehead atoms. The maximum absolute atomic E-state index is 12.7. The van der Waals surface area contributed by atoms with Crippen molar-refractivity contribution in [2.24, 2.45) is 5.92 Å². The number of hydrogen-bond acceptors (Lipinski definition) is 3. The average molecular weight is 349 g/mol. The molecule has 1 aliphatic rings. The highest BCUT2D eigenvalue weighted by Gasteiger charge is 2.39. The topological polar surface area (TPSA) is 74.7 Å². The van der Waals surface area contributed by atoms with Gasteiger partial charge in [0.15, 0.2) is 0 Å². The number of amides is 2. The van der Waals surface area contributed by atoms with Crippen molar-refractivity contribution in [3.63, 3.8) is 0 Å². The van der Waals surface area contributed by atoms with Crippen LogP contribution in [0, 0.1) is 12.8 Å². The van der Waals surface area contributed by atoms with Crippen molar-refractivity contribution < 1.29 is 19.5 Å². The lowest BCUT2D eigenvalue weighted by molar-refractivity contribution is -0.131. The maximum Gasteiger partial charge on any atom is 0.328 e. The van der Waals surface area contributed by atoms with Crippen molar-refractivity contribution >= 4 is 29.5 Å². The summed E-state index contributed by atoms with van der Waals surface area (Å²) in [6.07, 6.45) is 3.24. The minimum atomic E-state index is -1.03. The molecule has 0 radical (unpaired) electrons. The van der Waals surface area contributed by atoms with Crippen LogP contribution in [0.5, 0.6) is 0 Å². The second-order valence-corrected chi connectivity index (χ2v) is 6.42. The van der Waals surface area contributed by atoms with Gasteiger partial charge in [-0.2, -0.15) is 0 Å². The van der Waals surface area contributed by atoms with Crippen LogP contribution in [-0.2, 0) is 20.8 Å². The Morgan fingerprint density at radius 3 is 2.38 bits per heavy atom. The Balaban J connectivity index is 1.74. The molecule has 5 heteroatoms. The lowest BCUT2D eigenvalue weighted by Crippen LogP contribution is -2.30. The van der Waals surface area contributed by atoms with E-state index in [1.807, 2.05) is 31.2 Å². The summed E-state index contributed by atoms with van der Waals surface area (Å²) in [5.41, 5.74) is 3.39. The van der Waals surface area contributed by atoms with Gasteiger partial charge in [0.2, 0.25) is 11.8 Å². The van der Waals surface area contributed by atoms with E-state index >= 15 is 0 Å². The summed E-state index contributed by atoms with van der Waals surface area (Å²) in [4.78, 5) is 36.8. The normalized spacial score (nSPS) is 17.3. The van der Waals surface area contributed by atoms with Crippen LogP contribution in [0.25, 0.3) is 6.08 Å². The third-order valence-corrected chi connectivity index (χ3v) is 4.41. The number of aryl methyl sites for hydroxylation is 1. The summed E-state index contributed by atoms with van der Waals surface area (Å²) in [6, 6.07) is 14.6. The van der Waals surface area contributed by atoms with Crippen molar-refractivity contribution in [3.05, 3.63) is 71.3 Å². The van der Waals surface area contributed by atoms with E-state index < -0.39 is 5.97 Å². The van der Waals surface area contributed by atoms with Gasteiger partial charge < -0.3 is 5.11 Å². The molecule has 26 heavy (non-hydrogen) atoms. The van der Waals surface area contributed by atoms with Gasteiger partial charge in [-0.15, -0.1) is 0 Å². The third kappa shape index (κ3) is 3.88. The van der Waals surface area contributed by atoms with Crippen molar-refractivity contribution in [2.45, 2.75) is 19.8 Å². The highest BCUT2D eigenvalue weighted by atomic mass is 16.4. The van der Waals surface area contributed by atoms with Crippen molar-refractivity contribution in [1.82, 2.24) is 0 Å². The number of rotatable bonds is 5. The SMILES string of the molecule is Cc1ccc(C[C@@H]2CC(=O)N(c3ccc(/C=C/C(=O)O)cc3)C2=O)cc1. The standard InChI is InChI=1S/C21H19NO4/c1-14-2-4-16(5-3-14)12-17-13-19(23)22(21(17)26)18-9-6-15(7-10-18)8-11-20(24)25/h2-11,17H,12-13H2,1H3,(H,24,25)/b11-8+/t17-/m1/s1. The molecule has 5 nitrogen and oxygen atoms in total. The summed E-state index contributed by atoms with van der Waals surface area (Å²) in [6.45, 7) is 2.01. The van der Waals surface area contributed by atoms with E-state index in [2.05, 4.69) is 0 Å². The minimum Gasteiger partial charge on any atom is -0.478 e. The number of carbonyl (C=O) groups is 3. The van der Waals surface area contributed by atoms with Gasteiger partial charge in [-0.05, 0) is 42.7 Å². The number of benzene rings is 2. The van der Waals surface area contributed by atoms with Gasteiger partial charge in [0, 0.05) is 12.5 Å². The first-order chi connectivity index (χ1) is 12.4. The van der Waals surface area contributed by atoms with Gasteiger partial charge in [-0.1, -0.05) is 42.0 Å². The van der Waals surface area contributed by atoms with Gasteiger partial charge in [-0.25, -0.2) is 4.79 Å². The molecule has 1 aliphatic heterocycles. The molecule has 1 N–H and O–H groups in total. The Hall–Kier alpha value is -3.21. The van der Waals surface area contributed by atoms with E-state index in [1.54, 1.807) is 24.3 Å². The molecule has 1 saturated heterocycles. The Morgan fingerprint density at radius 1 is 1.12 bits per heavy atom. The maximum atomic E-state index is 12.7. The number of nitrogens with zero attached hydrogens (tertiary/aromatic N) is 1. The Bertz CT molecular complexity index is 866. The van der Waals surface area contributed by atoms with Gasteiger partial charge in [0.05, 0.1) is 11.6 Å². The quantitative estimate of drug-likeness (QED) is 0.664. The second-order valence-electron chi connectivity index (χ2n) is 6.42. The van der Waals surface area contributed by atoms with E-state index in [4.69, 9.17) is 5.11 Å². The molecule has 0 spiro atoms. The Kier molecular flexibility index (Phi) is 4.98. The third-order valence-electron chi connectivity index (χ3n) is 4.41. The van der Waals surface area contributed by atoms with Crippen LogP contribution in [0.4, 0.5) is 5.69 Å². The lowest BCUT2D eigenvalue weighted by Gasteiger charge is -2.15. The van der Waals surface area contributed by atoms with Crippen LogP contribution < -0.4 is 4.90 Å². The molecule has 2 aromatic rings. The first-order valence-electron chi connectivity index (χ1n) is 8.37. The molecule has 0 saturated carbocycles. The van der Waals surface area contributed by atoms with Crippen molar-refractivity contribution in [3.8, 4) is 0 Å². The van der Waals surface area contributed by atoms with Gasteiger partial charge in [0.1, 0.15) is 0 Å². The molecule has 1 atom stereocenters. The lowest BCUT2D eigenvalue weighted by atomic mass is 9.97. The molecule has 3 rings (SSSR count). The fourth-order valence-electron chi connectivity index (χ4n) is 3.04. The zero-order chi connectivity index (χ0) is 18.7. The van der Waals surface area contributed by atoms with E-state index in [-0.39, 0.29) is 24.2 Å². The molecular formula is C21H19NO4. The largest absolute Gasteiger partial charge is 0.478 e. The number of carboxylic acids is 1. The fourth-order valence-corrected chi connectivity index (χ4v) is 3.04. The van der Waals surface area contributed by atoms with E-state index in [0.29, 0.717) is 17.7 Å². The summed E-state index contributed by atoms with van der Waals surface area (Å²) in [5.74, 6) is -1.78. The van der Waals surface area contributed by atoms with Gasteiger partial charge >= 0.3 is 5.97 Å². The average Bonchev–Trinajstić information content (AvgIpc) is 2.89. The van der Waals surface area contributed by atoms with Crippen LogP contribution in [-0.4, -0.2) is 22.9 Å². The molecule has 2 amide bonds. The Morgan fingerprint density at radius 2 is 1.77 bits per heavy atom. The number of anilines is 1. The van der Waals surface area contributed by atoms with Gasteiger partial charge in [0.25, 0.3) is 0 Å². The monoisotopic (exact) mass is 349 g/mol. The zero-order valence-electron chi connectivity index (χ0n) is 14.4. The summed E-state index contributed by atoms with van der Waals surface area (Å²) in [7, 11) is 0. The number of imide groups is 1. The molecule has 132 valence electrons. The molecule has 2 aromatic carbocycles. The molecule has 1 fully saturated rings.